The van der Waals surface area contributed by atoms with Crippen molar-refractivity contribution in [2.45, 2.75) is 38.7 Å². The van der Waals surface area contributed by atoms with Crippen LogP contribution in [0.2, 0.25) is 5.02 Å². The summed E-state index contributed by atoms with van der Waals surface area (Å²) >= 11 is 6.26. The average molecular weight is 397 g/mol. The van der Waals surface area contributed by atoms with E-state index in [-0.39, 0.29) is 11.7 Å². The molecular weight excluding hydrogens is 376 g/mol. The van der Waals surface area contributed by atoms with Crippen molar-refractivity contribution in [3.8, 4) is 11.1 Å². The monoisotopic (exact) mass is 396 g/mol. The maximum absolute atomic E-state index is 12.7. The van der Waals surface area contributed by atoms with Crippen LogP contribution in [0.1, 0.15) is 43.0 Å². The Morgan fingerprint density at radius 3 is 2.79 bits per heavy atom. The normalized spacial score (nSPS) is 19.5. The first-order valence-corrected chi connectivity index (χ1v) is 9.93. The number of ether oxygens (including phenoxy) is 1. The molecule has 1 aliphatic rings. The van der Waals surface area contributed by atoms with E-state index in [1.165, 1.54) is 6.42 Å². The van der Waals surface area contributed by atoms with E-state index in [2.05, 4.69) is 6.92 Å². The molecule has 0 radical (unpaired) electrons. The van der Waals surface area contributed by atoms with Crippen molar-refractivity contribution in [1.29, 1.82) is 0 Å². The van der Waals surface area contributed by atoms with Crippen molar-refractivity contribution in [1.82, 2.24) is 0 Å². The first-order chi connectivity index (χ1) is 13.5. The van der Waals surface area contributed by atoms with Gasteiger partial charge >= 0.3 is 11.6 Å². The van der Waals surface area contributed by atoms with Gasteiger partial charge in [-0.2, -0.15) is 0 Å². The zero-order valence-corrected chi connectivity index (χ0v) is 16.4. The lowest BCUT2D eigenvalue weighted by Gasteiger charge is -2.26. The number of hydrogen-bond donors (Lipinski definition) is 0. The predicted molar refractivity (Wildman–Crippen MR) is 110 cm³/mol. The van der Waals surface area contributed by atoms with Crippen LogP contribution in [-0.4, -0.2) is 12.1 Å². The number of benzene rings is 2. The molecule has 28 heavy (non-hydrogen) atoms. The van der Waals surface area contributed by atoms with Gasteiger partial charge in [0.25, 0.3) is 0 Å². The summed E-state index contributed by atoms with van der Waals surface area (Å²) in [6.07, 6.45) is 3.90. The van der Waals surface area contributed by atoms with E-state index >= 15 is 0 Å². The third-order valence-electron chi connectivity index (χ3n) is 5.30. The smallest absolute Gasteiger partial charge is 0.344 e. The molecule has 5 heteroatoms. The molecule has 1 aromatic heterocycles. The summed E-state index contributed by atoms with van der Waals surface area (Å²) in [6.45, 7) is 2.17. The maximum Gasteiger partial charge on any atom is 0.344 e. The Morgan fingerprint density at radius 2 is 1.96 bits per heavy atom. The number of hydrogen-bond acceptors (Lipinski definition) is 4. The van der Waals surface area contributed by atoms with Crippen LogP contribution in [0.25, 0.3) is 22.1 Å². The van der Waals surface area contributed by atoms with E-state index in [1.54, 1.807) is 30.3 Å². The van der Waals surface area contributed by atoms with Gasteiger partial charge < -0.3 is 9.15 Å². The number of halogens is 1. The van der Waals surface area contributed by atoms with Crippen molar-refractivity contribution < 1.29 is 13.9 Å². The highest BCUT2D eigenvalue weighted by atomic mass is 35.5. The molecule has 2 atom stereocenters. The average Bonchev–Trinajstić information content (AvgIpc) is 2.68. The van der Waals surface area contributed by atoms with Crippen LogP contribution in [0.5, 0.6) is 0 Å². The summed E-state index contributed by atoms with van der Waals surface area (Å²) in [6, 6.07) is 14.0. The van der Waals surface area contributed by atoms with Crippen LogP contribution in [0, 0.1) is 5.92 Å². The van der Waals surface area contributed by atoms with Crippen LogP contribution in [-0.2, 0) is 4.74 Å². The van der Waals surface area contributed by atoms with Crippen molar-refractivity contribution in [3.63, 3.8) is 0 Å². The highest BCUT2D eigenvalue weighted by Gasteiger charge is 2.24. The Bertz CT molecular complexity index is 1090. The number of carbonyl (C=O) groups excluding carboxylic acids is 1. The molecule has 1 fully saturated rings. The van der Waals surface area contributed by atoms with Crippen LogP contribution >= 0.6 is 11.6 Å². The standard InChI is InChI=1S/C23H21ClO4/c1-14-5-4-7-17(11-14)27-23(26)19-12-15(9-10-20(19)24)18-13-16-6-2-3-8-21(16)28-22(18)25/h2-3,6,8-10,12-14,17H,4-5,7,11H2,1H3. The summed E-state index contributed by atoms with van der Waals surface area (Å²) in [7, 11) is 0. The first-order valence-electron chi connectivity index (χ1n) is 9.55. The molecule has 144 valence electrons. The minimum atomic E-state index is -0.457. The van der Waals surface area contributed by atoms with Gasteiger partial charge in [-0.25, -0.2) is 9.59 Å². The van der Waals surface area contributed by atoms with Crippen LogP contribution < -0.4 is 5.63 Å². The zero-order valence-electron chi connectivity index (χ0n) is 15.6. The minimum Gasteiger partial charge on any atom is -0.459 e. The molecule has 0 N–H and O–H groups in total. The molecule has 4 rings (SSSR count). The highest BCUT2D eigenvalue weighted by Crippen LogP contribution is 2.29. The van der Waals surface area contributed by atoms with Gasteiger partial charge in [-0.1, -0.05) is 49.2 Å². The number of rotatable bonds is 3. The second-order valence-corrected chi connectivity index (χ2v) is 7.89. The Balaban J connectivity index is 1.66. The minimum absolute atomic E-state index is 0.0817. The summed E-state index contributed by atoms with van der Waals surface area (Å²) < 4.78 is 11.1. The third kappa shape index (κ3) is 3.83. The van der Waals surface area contributed by atoms with Gasteiger partial charge in [-0.3, -0.25) is 0 Å². The quantitative estimate of drug-likeness (QED) is 0.411. The molecule has 0 aliphatic heterocycles. The molecule has 0 spiro atoms. The molecule has 1 heterocycles. The number of para-hydroxylation sites is 1. The topological polar surface area (TPSA) is 56.5 Å². The molecule has 1 aliphatic carbocycles. The van der Waals surface area contributed by atoms with E-state index in [4.69, 9.17) is 20.8 Å². The van der Waals surface area contributed by atoms with Gasteiger partial charge in [0.15, 0.2) is 0 Å². The molecule has 1 saturated carbocycles. The summed E-state index contributed by atoms with van der Waals surface area (Å²) in [4.78, 5) is 25.1. The number of esters is 1. The van der Waals surface area contributed by atoms with Gasteiger partial charge in [-0.15, -0.1) is 0 Å². The molecule has 0 amide bonds. The molecule has 0 saturated heterocycles. The SMILES string of the molecule is CC1CCCC(OC(=O)c2cc(-c3cc4ccccc4oc3=O)ccc2Cl)C1. The van der Waals surface area contributed by atoms with Crippen molar-refractivity contribution in [2.24, 2.45) is 5.92 Å². The molecular formula is C23H21ClO4. The lowest BCUT2D eigenvalue weighted by Crippen LogP contribution is -2.24. The number of carbonyl (C=O) groups is 1. The van der Waals surface area contributed by atoms with Gasteiger partial charge in [-0.05, 0) is 55.0 Å². The second kappa shape index (κ2) is 7.80. The molecule has 0 bridgehead atoms. The van der Waals surface area contributed by atoms with Gasteiger partial charge in [0, 0.05) is 5.39 Å². The fraction of sp³-hybridized carbons (Fsp3) is 0.304. The number of fused-ring (bicyclic) bond motifs is 1. The van der Waals surface area contributed by atoms with Gasteiger partial charge in [0.2, 0.25) is 0 Å². The van der Waals surface area contributed by atoms with E-state index in [0.29, 0.717) is 27.7 Å². The van der Waals surface area contributed by atoms with Crippen LogP contribution in [0.15, 0.2) is 57.7 Å². The fourth-order valence-electron chi connectivity index (χ4n) is 3.81. The predicted octanol–water partition coefficient (Wildman–Crippen LogP) is 5.85. The van der Waals surface area contributed by atoms with Crippen molar-refractivity contribution >= 4 is 28.5 Å². The van der Waals surface area contributed by atoms with Crippen LogP contribution in [0.4, 0.5) is 0 Å². The summed E-state index contributed by atoms with van der Waals surface area (Å²) in [5.41, 5.74) is 1.30. The van der Waals surface area contributed by atoms with E-state index in [1.807, 2.05) is 18.2 Å². The van der Waals surface area contributed by atoms with E-state index in [9.17, 15) is 9.59 Å². The van der Waals surface area contributed by atoms with Gasteiger partial charge in [0.05, 0.1) is 16.1 Å². The van der Waals surface area contributed by atoms with Gasteiger partial charge in [0.1, 0.15) is 11.7 Å². The van der Waals surface area contributed by atoms with Crippen LogP contribution in [0.3, 0.4) is 0 Å². The Hall–Kier alpha value is -2.59. The molecule has 4 nitrogen and oxygen atoms in total. The molecule has 2 unspecified atom stereocenters. The second-order valence-electron chi connectivity index (χ2n) is 7.48. The Kier molecular flexibility index (Phi) is 5.23. The first kappa shape index (κ1) is 18.8. The van der Waals surface area contributed by atoms with Crippen molar-refractivity contribution in [2.75, 3.05) is 0 Å². The maximum atomic E-state index is 12.7. The largest absolute Gasteiger partial charge is 0.459 e. The molecule has 2 aromatic carbocycles. The lowest BCUT2D eigenvalue weighted by molar-refractivity contribution is 0.0155. The van der Waals surface area contributed by atoms with E-state index < -0.39 is 11.6 Å². The Morgan fingerprint density at radius 1 is 1.14 bits per heavy atom. The fourth-order valence-corrected chi connectivity index (χ4v) is 4.01. The highest BCUT2D eigenvalue weighted by molar-refractivity contribution is 6.33. The molecule has 3 aromatic rings. The zero-order chi connectivity index (χ0) is 19.7. The third-order valence-corrected chi connectivity index (χ3v) is 5.63. The summed E-state index contributed by atoms with van der Waals surface area (Å²) in [5, 5.41) is 1.12. The van der Waals surface area contributed by atoms with E-state index in [0.717, 1.165) is 24.6 Å². The van der Waals surface area contributed by atoms with Crippen molar-refractivity contribution in [3.05, 3.63) is 69.5 Å². The lowest BCUT2D eigenvalue weighted by atomic mass is 9.89. The summed E-state index contributed by atoms with van der Waals surface area (Å²) in [5.74, 6) is 0.103. The Labute approximate surface area is 168 Å².